The molecule has 1 fully saturated rings. The molecule has 0 spiro atoms. The van der Waals surface area contributed by atoms with Crippen molar-refractivity contribution in [3.05, 3.63) is 65.2 Å². The molecule has 0 N–H and O–H groups in total. The van der Waals surface area contributed by atoms with Gasteiger partial charge in [0.15, 0.2) is 5.78 Å². The summed E-state index contributed by atoms with van der Waals surface area (Å²) < 4.78 is 5.74. The number of rotatable bonds is 9. The summed E-state index contributed by atoms with van der Waals surface area (Å²) in [6, 6.07) is 16.6. The molecule has 1 aliphatic heterocycles. The van der Waals surface area contributed by atoms with Gasteiger partial charge in [-0.2, -0.15) is 0 Å². The first-order chi connectivity index (χ1) is 14.1. The summed E-state index contributed by atoms with van der Waals surface area (Å²) in [6.07, 6.45) is 0. The monoisotopic (exact) mass is 432 g/mol. The predicted molar refractivity (Wildman–Crippen MR) is 118 cm³/mol. The molecule has 0 aliphatic carbocycles. The van der Waals surface area contributed by atoms with Gasteiger partial charge in [-0.15, -0.1) is 11.8 Å². The van der Waals surface area contributed by atoms with Gasteiger partial charge in [0.25, 0.3) is 0 Å². The third-order valence-electron chi connectivity index (χ3n) is 4.78. The van der Waals surface area contributed by atoms with E-state index in [2.05, 4.69) is 4.90 Å². The standard InChI is InChI=1S/C22H25ClN2O3S/c23-19-8-4-5-9-21(19)28-15-14-24-10-12-25(13-11-24)22(27)17-29-16-20(26)18-6-2-1-3-7-18/h1-9H,10-17H2. The number of ether oxygens (including phenoxy) is 1. The summed E-state index contributed by atoms with van der Waals surface area (Å²) in [5.41, 5.74) is 0.695. The van der Waals surface area contributed by atoms with Gasteiger partial charge < -0.3 is 9.64 Å². The molecule has 1 amide bonds. The Balaban J connectivity index is 1.31. The predicted octanol–water partition coefficient (Wildman–Crippen LogP) is 3.48. The van der Waals surface area contributed by atoms with Crippen LogP contribution in [0.4, 0.5) is 0 Å². The number of hydrogen-bond donors (Lipinski definition) is 0. The summed E-state index contributed by atoms with van der Waals surface area (Å²) in [4.78, 5) is 28.7. The van der Waals surface area contributed by atoms with Gasteiger partial charge in [-0.1, -0.05) is 54.1 Å². The average molecular weight is 433 g/mol. The van der Waals surface area contributed by atoms with Gasteiger partial charge in [-0.05, 0) is 12.1 Å². The molecule has 0 bridgehead atoms. The lowest BCUT2D eigenvalue weighted by Gasteiger charge is -2.34. The van der Waals surface area contributed by atoms with E-state index in [0.29, 0.717) is 47.5 Å². The fourth-order valence-electron chi connectivity index (χ4n) is 3.10. The van der Waals surface area contributed by atoms with Crippen LogP contribution in [0.5, 0.6) is 5.75 Å². The number of halogens is 1. The maximum atomic E-state index is 12.4. The Morgan fingerprint density at radius 1 is 0.931 bits per heavy atom. The van der Waals surface area contributed by atoms with E-state index in [4.69, 9.17) is 16.3 Å². The van der Waals surface area contributed by atoms with Gasteiger partial charge in [0.05, 0.1) is 16.5 Å². The molecule has 0 unspecified atom stereocenters. The van der Waals surface area contributed by atoms with Crippen molar-refractivity contribution < 1.29 is 14.3 Å². The van der Waals surface area contributed by atoms with Crippen molar-refractivity contribution in [2.24, 2.45) is 0 Å². The third kappa shape index (κ3) is 6.77. The molecule has 1 saturated heterocycles. The third-order valence-corrected chi connectivity index (χ3v) is 6.01. The van der Waals surface area contributed by atoms with Crippen molar-refractivity contribution in [2.45, 2.75) is 0 Å². The highest BCUT2D eigenvalue weighted by Crippen LogP contribution is 2.23. The van der Waals surface area contributed by atoms with Crippen LogP contribution in [0.25, 0.3) is 0 Å². The Bertz CT molecular complexity index is 811. The second kappa shape index (κ2) is 11.2. The van der Waals surface area contributed by atoms with Crippen molar-refractivity contribution in [1.29, 1.82) is 0 Å². The Morgan fingerprint density at radius 3 is 2.34 bits per heavy atom. The molecule has 0 saturated carbocycles. The summed E-state index contributed by atoms with van der Waals surface area (Å²) in [5.74, 6) is 1.53. The number of para-hydroxylation sites is 1. The van der Waals surface area contributed by atoms with E-state index in [1.54, 1.807) is 12.1 Å². The minimum Gasteiger partial charge on any atom is -0.491 e. The van der Waals surface area contributed by atoms with Crippen LogP contribution in [0.1, 0.15) is 10.4 Å². The molecule has 29 heavy (non-hydrogen) atoms. The van der Waals surface area contributed by atoms with E-state index < -0.39 is 0 Å². The lowest BCUT2D eigenvalue weighted by Crippen LogP contribution is -2.50. The van der Waals surface area contributed by atoms with E-state index in [0.717, 1.165) is 19.6 Å². The molecule has 2 aromatic rings. The number of piperazine rings is 1. The van der Waals surface area contributed by atoms with E-state index in [9.17, 15) is 9.59 Å². The molecule has 3 rings (SSSR count). The molecule has 0 radical (unpaired) electrons. The van der Waals surface area contributed by atoms with Gasteiger partial charge in [-0.25, -0.2) is 0 Å². The second-order valence-corrected chi connectivity index (χ2v) is 8.18. The SMILES string of the molecule is O=C(CSCC(=O)N1CCN(CCOc2ccccc2Cl)CC1)c1ccccc1. The van der Waals surface area contributed by atoms with Gasteiger partial charge >= 0.3 is 0 Å². The zero-order chi connectivity index (χ0) is 20.5. The van der Waals surface area contributed by atoms with Crippen molar-refractivity contribution in [3.8, 4) is 5.75 Å². The Kier molecular flexibility index (Phi) is 8.40. The number of nitrogens with zero attached hydrogens (tertiary/aromatic N) is 2. The summed E-state index contributed by atoms with van der Waals surface area (Å²) in [5, 5.41) is 0.617. The quantitative estimate of drug-likeness (QED) is 0.568. The van der Waals surface area contributed by atoms with Crippen molar-refractivity contribution >= 4 is 35.1 Å². The van der Waals surface area contributed by atoms with Crippen LogP contribution >= 0.6 is 23.4 Å². The second-order valence-electron chi connectivity index (χ2n) is 6.78. The number of thioether (sulfide) groups is 1. The average Bonchev–Trinajstić information content (AvgIpc) is 2.76. The number of hydrogen-bond acceptors (Lipinski definition) is 5. The number of ketones is 1. The molecule has 0 aromatic heterocycles. The normalized spacial score (nSPS) is 14.6. The molecule has 1 aliphatic rings. The lowest BCUT2D eigenvalue weighted by atomic mass is 10.2. The minimum absolute atomic E-state index is 0.0618. The molecule has 7 heteroatoms. The van der Waals surface area contributed by atoms with Crippen LogP contribution in [0.2, 0.25) is 5.02 Å². The van der Waals surface area contributed by atoms with Crippen molar-refractivity contribution in [3.63, 3.8) is 0 Å². The van der Waals surface area contributed by atoms with Gasteiger partial charge in [0.2, 0.25) is 5.91 Å². The van der Waals surface area contributed by atoms with Crippen LogP contribution in [-0.2, 0) is 4.79 Å². The first kappa shape index (κ1) is 21.7. The Morgan fingerprint density at radius 2 is 1.62 bits per heavy atom. The zero-order valence-electron chi connectivity index (χ0n) is 16.3. The van der Waals surface area contributed by atoms with Gasteiger partial charge in [0, 0.05) is 38.3 Å². The highest BCUT2D eigenvalue weighted by atomic mass is 35.5. The van der Waals surface area contributed by atoms with Crippen LogP contribution in [-0.4, -0.2) is 72.3 Å². The fourth-order valence-corrected chi connectivity index (χ4v) is 4.10. The first-order valence-corrected chi connectivity index (χ1v) is 11.2. The molecule has 0 atom stereocenters. The molecular formula is C22H25ClN2O3S. The van der Waals surface area contributed by atoms with Gasteiger partial charge in [-0.3, -0.25) is 14.5 Å². The summed E-state index contributed by atoms with van der Waals surface area (Å²) in [7, 11) is 0. The summed E-state index contributed by atoms with van der Waals surface area (Å²) >= 11 is 7.47. The molecule has 1 heterocycles. The largest absolute Gasteiger partial charge is 0.491 e. The molecule has 5 nitrogen and oxygen atoms in total. The van der Waals surface area contributed by atoms with Crippen molar-refractivity contribution in [2.75, 3.05) is 50.8 Å². The van der Waals surface area contributed by atoms with Crippen molar-refractivity contribution in [1.82, 2.24) is 9.80 Å². The highest BCUT2D eigenvalue weighted by molar-refractivity contribution is 8.00. The maximum Gasteiger partial charge on any atom is 0.232 e. The maximum absolute atomic E-state index is 12.4. The first-order valence-electron chi connectivity index (χ1n) is 9.67. The molecular weight excluding hydrogens is 408 g/mol. The van der Waals surface area contributed by atoms with E-state index in [1.165, 1.54) is 11.8 Å². The van der Waals surface area contributed by atoms with Crippen LogP contribution < -0.4 is 4.74 Å². The van der Waals surface area contributed by atoms with Crippen LogP contribution in [0, 0.1) is 0 Å². The Labute approximate surface area is 181 Å². The minimum atomic E-state index is 0.0618. The Hall–Kier alpha value is -2.02. The van der Waals surface area contributed by atoms with Crippen LogP contribution in [0.3, 0.4) is 0 Å². The van der Waals surface area contributed by atoms with E-state index >= 15 is 0 Å². The highest BCUT2D eigenvalue weighted by Gasteiger charge is 2.21. The zero-order valence-corrected chi connectivity index (χ0v) is 17.8. The lowest BCUT2D eigenvalue weighted by molar-refractivity contribution is -0.130. The van der Waals surface area contributed by atoms with E-state index in [1.807, 2.05) is 47.4 Å². The molecule has 2 aromatic carbocycles. The van der Waals surface area contributed by atoms with E-state index in [-0.39, 0.29) is 11.7 Å². The van der Waals surface area contributed by atoms with Crippen LogP contribution in [0.15, 0.2) is 54.6 Å². The topological polar surface area (TPSA) is 49.9 Å². The number of amides is 1. The number of carbonyl (C=O) groups excluding carboxylic acids is 2. The fraction of sp³-hybridized carbons (Fsp3) is 0.364. The number of Topliss-reactive ketones (excluding diaryl/α,β-unsaturated/α-hetero) is 1. The van der Waals surface area contributed by atoms with Gasteiger partial charge in [0.1, 0.15) is 12.4 Å². The number of carbonyl (C=O) groups is 2. The smallest absolute Gasteiger partial charge is 0.232 e. The number of benzene rings is 2. The summed E-state index contributed by atoms with van der Waals surface area (Å²) in [6.45, 7) is 4.43. The molecule has 154 valence electrons.